The summed E-state index contributed by atoms with van der Waals surface area (Å²) in [6, 6.07) is 11.3. The molecular weight excluding hydrogens is 518 g/mol. The van der Waals surface area contributed by atoms with Crippen molar-refractivity contribution in [2.45, 2.75) is 123 Å². The molecule has 0 bridgehead atoms. The van der Waals surface area contributed by atoms with E-state index in [2.05, 4.69) is 5.32 Å². The number of hydrogen-bond acceptors (Lipinski definition) is 7. The molecule has 0 aliphatic rings. The topological polar surface area (TPSA) is 134 Å². The van der Waals surface area contributed by atoms with Crippen LogP contribution in [0.1, 0.15) is 110 Å². The van der Waals surface area contributed by atoms with E-state index in [1.165, 1.54) is 0 Å². The number of nitrogens with one attached hydrogen (secondary N) is 1. The van der Waals surface area contributed by atoms with Crippen LogP contribution in [-0.2, 0) is 25.6 Å². The van der Waals surface area contributed by atoms with Crippen LogP contribution >= 0.6 is 0 Å². The summed E-state index contributed by atoms with van der Waals surface area (Å²) in [7, 11) is 0. The fourth-order valence-electron chi connectivity index (χ4n) is 5.02. The van der Waals surface area contributed by atoms with Crippen molar-refractivity contribution in [3.8, 4) is 0 Å². The molecule has 1 amide bonds. The molecule has 8 nitrogen and oxygen atoms in total. The number of ketones is 1. The predicted molar refractivity (Wildman–Crippen MR) is 165 cm³/mol. The van der Waals surface area contributed by atoms with Crippen LogP contribution in [0.15, 0.2) is 36.4 Å². The molecule has 0 spiro atoms. The average molecular weight is 570 g/mol. The highest BCUT2D eigenvalue weighted by Gasteiger charge is 2.32. The van der Waals surface area contributed by atoms with Crippen molar-refractivity contribution < 1.29 is 23.9 Å². The number of alkyl carbamates (subject to hydrolysis) is 1. The third-order valence-electron chi connectivity index (χ3n) is 6.77. The summed E-state index contributed by atoms with van der Waals surface area (Å²) in [5.74, 6) is -0.755. The lowest BCUT2D eigenvalue weighted by Crippen LogP contribution is -2.45. The third-order valence-corrected chi connectivity index (χ3v) is 6.77. The van der Waals surface area contributed by atoms with Crippen molar-refractivity contribution in [2.24, 2.45) is 11.5 Å². The molecule has 0 aliphatic heterocycles. The summed E-state index contributed by atoms with van der Waals surface area (Å²) in [6.45, 7) is 11.7. The Morgan fingerprint density at radius 1 is 0.805 bits per heavy atom. The van der Waals surface area contributed by atoms with E-state index in [-0.39, 0.29) is 18.3 Å². The Morgan fingerprint density at radius 2 is 1.46 bits per heavy atom. The molecule has 0 fully saturated rings. The van der Waals surface area contributed by atoms with Crippen LogP contribution in [0.5, 0.6) is 0 Å². The molecule has 0 radical (unpaired) electrons. The lowest BCUT2D eigenvalue weighted by Gasteiger charge is -2.27. The molecule has 1 unspecified atom stereocenters. The second kappa shape index (κ2) is 15.9. The Kier molecular flexibility index (Phi) is 13.3. The van der Waals surface area contributed by atoms with E-state index < -0.39 is 29.3 Å². The highest BCUT2D eigenvalue weighted by Crippen LogP contribution is 2.33. The molecule has 0 saturated carbocycles. The number of nitrogens with two attached hydrogens (primary N) is 2. The van der Waals surface area contributed by atoms with Gasteiger partial charge in [0.2, 0.25) is 0 Å². The molecular formula is C33H51N3O5. The second-order valence-electron chi connectivity index (χ2n) is 12.7. The van der Waals surface area contributed by atoms with Gasteiger partial charge in [-0.1, -0.05) is 49.2 Å². The van der Waals surface area contributed by atoms with Crippen molar-refractivity contribution in [1.82, 2.24) is 5.32 Å². The zero-order chi connectivity index (χ0) is 30.6. The van der Waals surface area contributed by atoms with E-state index >= 15 is 0 Å². The monoisotopic (exact) mass is 569 g/mol. The highest BCUT2D eigenvalue weighted by atomic mass is 16.6. The minimum absolute atomic E-state index is 0.0648. The molecule has 228 valence electrons. The van der Waals surface area contributed by atoms with E-state index in [9.17, 15) is 14.4 Å². The largest absolute Gasteiger partial charge is 0.460 e. The Balaban J connectivity index is 2.33. The van der Waals surface area contributed by atoms with Gasteiger partial charge in [-0.3, -0.25) is 9.59 Å². The molecule has 2 atom stereocenters. The molecule has 0 heterocycles. The smallest absolute Gasteiger partial charge is 0.408 e. The van der Waals surface area contributed by atoms with Gasteiger partial charge in [0.1, 0.15) is 11.2 Å². The number of Topliss-reactive ketones (excluding diaryl/α,β-unsaturated/α-hetero) is 1. The van der Waals surface area contributed by atoms with Crippen LogP contribution in [0.3, 0.4) is 0 Å². The molecule has 0 aromatic heterocycles. The van der Waals surface area contributed by atoms with Crippen LogP contribution in [0.2, 0.25) is 0 Å². The van der Waals surface area contributed by atoms with E-state index in [1.807, 2.05) is 57.2 Å². The van der Waals surface area contributed by atoms with Gasteiger partial charge in [-0.05, 0) is 102 Å². The number of ether oxygens (including phenoxy) is 2. The fraction of sp³-hybridized carbons (Fsp3) is 0.606. The van der Waals surface area contributed by atoms with Crippen molar-refractivity contribution in [1.29, 1.82) is 0 Å². The third kappa shape index (κ3) is 11.8. The van der Waals surface area contributed by atoms with E-state index in [4.69, 9.17) is 20.9 Å². The zero-order valence-corrected chi connectivity index (χ0v) is 25.9. The van der Waals surface area contributed by atoms with Gasteiger partial charge in [-0.15, -0.1) is 0 Å². The van der Waals surface area contributed by atoms with Crippen molar-refractivity contribution in [3.63, 3.8) is 0 Å². The average Bonchev–Trinajstić information content (AvgIpc) is 2.87. The molecule has 0 aliphatic carbocycles. The summed E-state index contributed by atoms with van der Waals surface area (Å²) in [6.07, 6.45) is 4.39. The fourth-order valence-corrected chi connectivity index (χ4v) is 5.02. The Bertz CT molecular complexity index is 1150. The van der Waals surface area contributed by atoms with Gasteiger partial charge in [-0.2, -0.15) is 0 Å². The van der Waals surface area contributed by atoms with Gasteiger partial charge in [0.05, 0.1) is 6.04 Å². The Morgan fingerprint density at radius 3 is 2.10 bits per heavy atom. The van der Waals surface area contributed by atoms with Crippen molar-refractivity contribution in [3.05, 3.63) is 47.5 Å². The molecule has 8 heteroatoms. The Hall–Kier alpha value is -2.97. The summed E-state index contributed by atoms with van der Waals surface area (Å²) in [4.78, 5) is 39.2. The van der Waals surface area contributed by atoms with Crippen molar-refractivity contribution in [2.75, 3.05) is 6.54 Å². The first-order chi connectivity index (χ1) is 19.3. The van der Waals surface area contributed by atoms with E-state index in [1.54, 1.807) is 20.8 Å². The van der Waals surface area contributed by atoms with Crippen LogP contribution in [0, 0.1) is 0 Å². The maximum absolute atomic E-state index is 14.3. The summed E-state index contributed by atoms with van der Waals surface area (Å²) in [5, 5.41) is 4.94. The number of carbonyl (C=O) groups excluding carboxylic acids is 3. The summed E-state index contributed by atoms with van der Waals surface area (Å²) < 4.78 is 10.9. The number of esters is 1. The normalized spacial score (nSPS) is 13.5. The number of benzene rings is 2. The van der Waals surface area contributed by atoms with Gasteiger partial charge in [0.15, 0.2) is 5.78 Å². The second-order valence-corrected chi connectivity index (χ2v) is 12.7. The SMILES string of the molecule is CC(C)(C)OC(=O)CCCCCC(C(=O)[C@H](CCCCN)NC(=O)OC(C)(C)C)c1ccc2ccccc2c1CN. The minimum atomic E-state index is -0.722. The lowest BCUT2D eigenvalue weighted by molar-refractivity contribution is -0.154. The first-order valence-electron chi connectivity index (χ1n) is 14.9. The van der Waals surface area contributed by atoms with Gasteiger partial charge < -0.3 is 26.3 Å². The summed E-state index contributed by atoms with van der Waals surface area (Å²) >= 11 is 0. The molecule has 41 heavy (non-hydrogen) atoms. The van der Waals surface area contributed by atoms with Gasteiger partial charge in [-0.25, -0.2) is 4.79 Å². The van der Waals surface area contributed by atoms with Gasteiger partial charge >= 0.3 is 12.1 Å². The number of unbranched alkanes of at least 4 members (excludes halogenated alkanes) is 3. The first-order valence-corrected chi connectivity index (χ1v) is 14.9. The van der Waals surface area contributed by atoms with Crippen LogP contribution < -0.4 is 16.8 Å². The predicted octanol–water partition coefficient (Wildman–Crippen LogP) is 6.27. The first kappa shape index (κ1) is 34.2. The number of carbonyl (C=O) groups is 3. The number of hydrogen-bond donors (Lipinski definition) is 3. The number of fused-ring (bicyclic) bond motifs is 1. The lowest BCUT2D eigenvalue weighted by atomic mass is 9.81. The Labute approximate surface area is 245 Å². The standard InChI is InChI=1S/C33H51N3O5/c1-32(2,3)40-29(37)18-9-7-8-16-26(25-20-19-23-14-10-11-15-24(23)27(25)22-35)30(38)28(17-12-13-21-34)36-31(39)41-33(4,5)6/h10-11,14-15,19-20,26,28H,7-9,12-13,16-18,21-22,34-35H2,1-6H3,(H,36,39)/t26?,28-/m0/s1. The van der Waals surface area contributed by atoms with E-state index in [0.29, 0.717) is 38.6 Å². The molecule has 0 saturated heterocycles. The van der Waals surface area contributed by atoms with Crippen molar-refractivity contribution >= 4 is 28.6 Å². The molecule has 2 aromatic rings. The van der Waals surface area contributed by atoms with Crippen LogP contribution in [-0.4, -0.2) is 41.6 Å². The molecule has 5 N–H and O–H groups in total. The highest BCUT2D eigenvalue weighted by molar-refractivity contribution is 5.95. The number of rotatable bonds is 15. The van der Waals surface area contributed by atoms with Gasteiger partial charge in [0, 0.05) is 18.9 Å². The molecule has 2 aromatic carbocycles. The maximum atomic E-state index is 14.3. The van der Waals surface area contributed by atoms with E-state index in [0.717, 1.165) is 41.2 Å². The van der Waals surface area contributed by atoms with Crippen LogP contribution in [0.4, 0.5) is 4.79 Å². The van der Waals surface area contributed by atoms with Gasteiger partial charge in [0.25, 0.3) is 0 Å². The van der Waals surface area contributed by atoms with Crippen LogP contribution in [0.25, 0.3) is 10.8 Å². The quantitative estimate of drug-likeness (QED) is 0.170. The maximum Gasteiger partial charge on any atom is 0.408 e. The number of amides is 1. The summed E-state index contributed by atoms with van der Waals surface area (Å²) in [5.41, 5.74) is 12.6. The zero-order valence-electron chi connectivity index (χ0n) is 25.9. The minimum Gasteiger partial charge on any atom is -0.460 e. The molecule has 2 rings (SSSR count).